The molecule has 1 aromatic carbocycles. The summed E-state index contributed by atoms with van der Waals surface area (Å²) in [5.41, 5.74) is 6.64. The van der Waals surface area contributed by atoms with Gasteiger partial charge in [-0.25, -0.2) is 13.1 Å². The Morgan fingerprint density at radius 1 is 1.38 bits per heavy atom. The van der Waals surface area contributed by atoms with Gasteiger partial charge in [-0.15, -0.1) is 0 Å². The van der Waals surface area contributed by atoms with E-state index in [1.807, 2.05) is 32.8 Å². The first-order chi connectivity index (χ1) is 9.53. The molecule has 1 rings (SSSR count). The van der Waals surface area contributed by atoms with Crippen LogP contribution in [0.4, 0.5) is 0 Å². The summed E-state index contributed by atoms with van der Waals surface area (Å²) in [5, 5.41) is 0. The predicted octanol–water partition coefficient (Wildman–Crippen LogP) is 1.08. The maximum Gasteiger partial charge on any atom is 0.215 e. The minimum Gasteiger partial charge on any atom is -0.389 e. The Labute approximate surface area is 132 Å². The molecule has 0 fully saturated rings. The molecule has 0 bridgehead atoms. The third-order valence-corrected chi connectivity index (χ3v) is 5.04. The van der Waals surface area contributed by atoms with Crippen LogP contribution in [0.15, 0.2) is 24.3 Å². The summed E-state index contributed by atoms with van der Waals surface area (Å²) in [6, 6.07) is 6.97. The Bertz CT molecular complexity index is 610. The normalized spacial score (nSPS) is 12.6. The largest absolute Gasteiger partial charge is 0.389 e. The van der Waals surface area contributed by atoms with E-state index in [1.165, 1.54) is 0 Å². The number of hydrogen-bond acceptors (Lipinski definition) is 4. The number of thiocarbonyl (C=S) groups is 1. The lowest BCUT2D eigenvalue weighted by Crippen LogP contribution is -2.48. The summed E-state index contributed by atoms with van der Waals surface area (Å²) in [4.78, 5) is 2.24. The fourth-order valence-electron chi connectivity index (χ4n) is 1.53. The highest BCUT2D eigenvalue weighted by Gasteiger charge is 2.23. The molecular weight excluding hydrogens is 306 g/mol. The Hall–Kier alpha value is -1.02. The van der Waals surface area contributed by atoms with Gasteiger partial charge in [-0.1, -0.05) is 30.4 Å². The molecule has 0 saturated heterocycles. The van der Waals surface area contributed by atoms with Gasteiger partial charge in [0.15, 0.2) is 0 Å². The lowest BCUT2D eigenvalue weighted by atomic mass is 10.1. The zero-order valence-corrected chi connectivity index (χ0v) is 14.5. The van der Waals surface area contributed by atoms with E-state index in [-0.39, 0.29) is 16.3 Å². The van der Waals surface area contributed by atoms with Crippen molar-refractivity contribution in [2.24, 2.45) is 5.73 Å². The smallest absolute Gasteiger partial charge is 0.215 e. The molecule has 0 heterocycles. The van der Waals surface area contributed by atoms with Gasteiger partial charge in [-0.3, -0.25) is 0 Å². The molecule has 0 saturated carbocycles. The quantitative estimate of drug-likeness (QED) is 0.732. The van der Waals surface area contributed by atoms with Crippen LogP contribution in [0, 0.1) is 0 Å². The maximum absolute atomic E-state index is 12.2. The lowest BCUT2D eigenvalue weighted by Gasteiger charge is -2.32. The van der Waals surface area contributed by atoms with Gasteiger partial charge in [0.25, 0.3) is 0 Å². The highest BCUT2D eigenvalue weighted by molar-refractivity contribution is 7.88. The van der Waals surface area contributed by atoms with Crippen LogP contribution in [0.5, 0.6) is 0 Å². The molecule has 0 aliphatic rings. The molecule has 0 spiro atoms. The van der Waals surface area contributed by atoms with Gasteiger partial charge in [0.1, 0.15) is 4.99 Å². The summed E-state index contributed by atoms with van der Waals surface area (Å²) in [7, 11) is 0.429. The van der Waals surface area contributed by atoms with Crippen LogP contribution < -0.4 is 10.5 Å². The van der Waals surface area contributed by atoms with E-state index in [2.05, 4.69) is 4.72 Å². The van der Waals surface area contributed by atoms with Gasteiger partial charge in [-0.05, 0) is 39.6 Å². The zero-order chi connectivity index (χ0) is 16.3. The number of nitrogens with one attached hydrogen (secondary N) is 1. The molecule has 0 aliphatic heterocycles. The third-order valence-electron chi connectivity index (χ3n) is 3.50. The SMILES string of the molecule is CN(C)C(C)(C)CNS(=O)(=O)Cc1cccc(C(N)=S)c1. The van der Waals surface area contributed by atoms with Gasteiger partial charge in [-0.2, -0.15) is 0 Å². The minimum absolute atomic E-state index is 0.0903. The first-order valence-corrected chi connectivity index (χ1v) is 8.63. The van der Waals surface area contributed by atoms with Crippen LogP contribution in [0.1, 0.15) is 25.0 Å². The second-order valence-corrected chi connectivity index (χ2v) is 8.10. The molecular formula is C14H23N3O2S2. The number of rotatable bonds is 7. The van der Waals surface area contributed by atoms with Crippen molar-refractivity contribution >= 4 is 27.2 Å². The Morgan fingerprint density at radius 3 is 2.52 bits per heavy atom. The lowest BCUT2D eigenvalue weighted by molar-refractivity contribution is 0.199. The van der Waals surface area contributed by atoms with Crippen molar-refractivity contribution in [3.8, 4) is 0 Å². The minimum atomic E-state index is -3.40. The zero-order valence-electron chi connectivity index (χ0n) is 12.9. The van der Waals surface area contributed by atoms with Crippen LogP contribution in [-0.2, 0) is 15.8 Å². The van der Waals surface area contributed by atoms with Crippen molar-refractivity contribution in [2.45, 2.75) is 25.1 Å². The summed E-state index contributed by atoms with van der Waals surface area (Å²) < 4.78 is 27.0. The van der Waals surface area contributed by atoms with Gasteiger partial charge >= 0.3 is 0 Å². The molecule has 0 unspecified atom stereocenters. The Morgan fingerprint density at radius 2 is 2.00 bits per heavy atom. The van der Waals surface area contributed by atoms with Gasteiger partial charge in [0.05, 0.1) is 5.75 Å². The first kappa shape index (κ1) is 18.0. The maximum atomic E-state index is 12.2. The molecule has 118 valence electrons. The second-order valence-electron chi connectivity index (χ2n) is 5.85. The van der Waals surface area contributed by atoms with Crippen molar-refractivity contribution in [1.82, 2.24) is 9.62 Å². The van der Waals surface area contributed by atoms with Crippen molar-refractivity contribution in [1.29, 1.82) is 0 Å². The molecule has 5 nitrogen and oxygen atoms in total. The monoisotopic (exact) mass is 329 g/mol. The number of likely N-dealkylation sites (N-methyl/N-ethyl adjacent to an activating group) is 1. The van der Waals surface area contributed by atoms with E-state index in [9.17, 15) is 8.42 Å². The number of nitrogens with zero attached hydrogens (tertiary/aromatic N) is 1. The standard InChI is InChI=1S/C14H23N3O2S2/c1-14(2,17(3)4)10-16-21(18,19)9-11-6-5-7-12(8-11)13(15)20/h5-8,16H,9-10H2,1-4H3,(H2,15,20). The number of nitrogens with two attached hydrogens (primary N) is 1. The van der Waals surface area contributed by atoms with Crippen molar-refractivity contribution in [3.63, 3.8) is 0 Å². The van der Waals surface area contributed by atoms with Crippen LogP contribution in [0.25, 0.3) is 0 Å². The van der Waals surface area contributed by atoms with Crippen LogP contribution >= 0.6 is 12.2 Å². The number of sulfonamides is 1. The molecule has 0 aromatic heterocycles. The molecule has 1 aromatic rings. The van der Waals surface area contributed by atoms with E-state index < -0.39 is 10.0 Å². The highest BCUT2D eigenvalue weighted by Crippen LogP contribution is 2.11. The van der Waals surface area contributed by atoms with E-state index in [1.54, 1.807) is 24.3 Å². The summed E-state index contributed by atoms with van der Waals surface area (Å²) in [5.74, 6) is -0.0903. The van der Waals surface area contributed by atoms with E-state index >= 15 is 0 Å². The average Bonchev–Trinajstić information content (AvgIpc) is 2.36. The summed E-state index contributed by atoms with van der Waals surface area (Å²) in [6.45, 7) is 4.29. The van der Waals surface area contributed by atoms with Crippen molar-refractivity contribution in [3.05, 3.63) is 35.4 Å². The average molecular weight is 329 g/mol. The molecule has 0 atom stereocenters. The van der Waals surface area contributed by atoms with Crippen LogP contribution in [0.2, 0.25) is 0 Å². The topological polar surface area (TPSA) is 75.4 Å². The number of hydrogen-bond donors (Lipinski definition) is 2. The van der Waals surface area contributed by atoms with E-state index in [0.717, 1.165) is 0 Å². The van der Waals surface area contributed by atoms with Gasteiger partial charge < -0.3 is 10.6 Å². The van der Waals surface area contributed by atoms with Gasteiger partial charge in [0, 0.05) is 17.6 Å². The number of benzene rings is 1. The molecule has 0 radical (unpaired) electrons. The van der Waals surface area contributed by atoms with Crippen LogP contribution in [-0.4, -0.2) is 44.5 Å². The molecule has 21 heavy (non-hydrogen) atoms. The van der Waals surface area contributed by atoms with E-state index in [4.69, 9.17) is 18.0 Å². The summed E-state index contributed by atoms with van der Waals surface area (Å²) >= 11 is 4.90. The highest BCUT2D eigenvalue weighted by atomic mass is 32.2. The van der Waals surface area contributed by atoms with E-state index in [0.29, 0.717) is 17.7 Å². The Balaban J connectivity index is 2.77. The Kier molecular flexibility index (Phi) is 5.86. The molecule has 0 amide bonds. The fourth-order valence-corrected chi connectivity index (χ4v) is 2.95. The first-order valence-electron chi connectivity index (χ1n) is 6.57. The van der Waals surface area contributed by atoms with Gasteiger partial charge in [0.2, 0.25) is 10.0 Å². The van der Waals surface area contributed by atoms with Crippen molar-refractivity contribution in [2.75, 3.05) is 20.6 Å². The fraction of sp³-hybridized carbons (Fsp3) is 0.500. The molecule has 7 heteroatoms. The molecule has 0 aliphatic carbocycles. The second kappa shape index (κ2) is 6.83. The van der Waals surface area contributed by atoms with Crippen LogP contribution in [0.3, 0.4) is 0 Å². The predicted molar refractivity (Wildman–Crippen MR) is 90.7 cm³/mol. The molecule has 3 N–H and O–H groups in total. The van der Waals surface area contributed by atoms with Crippen molar-refractivity contribution < 1.29 is 8.42 Å². The third kappa shape index (κ3) is 5.70. The summed E-state index contributed by atoms with van der Waals surface area (Å²) in [6.07, 6.45) is 0.